The number of sulfone groups is 1. The van der Waals surface area contributed by atoms with Crippen molar-refractivity contribution in [3.8, 4) is 0 Å². The monoisotopic (exact) mass is 413 g/mol. The van der Waals surface area contributed by atoms with Crippen LogP contribution in [-0.4, -0.2) is 93.1 Å². The number of carbonyl (C=O) groups is 1. The molecule has 10 nitrogen and oxygen atoms in total. The predicted octanol–water partition coefficient (Wildman–Crippen LogP) is -1.29. The predicted molar refractivity (Wildman–Crippen MR) is 95.4 cm³/mol. The molecule has 1 heterocycles. The summed E-state index contributed by atoms with van der Waals surface area (Å²) in [6, 6.07) is -0.611. The van der Waals surface area contributed by atoms with E-state index in [0.717, 1.165) is 0 Å². The van der Waals surface area contributed by atoms with E-state index in [4.69, 9.17) is 5.11 Å². The van der Waals surface area contributed by atoms with Gasteiger partial charge in [0.1, 0.15) is 5.71 Å². The number of nitrogens with zero attached hydrogens (tertiary/aromatic N) is 2. The van der Waals surface area contributed by atoms with Gasteiger partial charge in [0, 0.05) is 17.6 Å². The summed E-state index contributed by atoms with van der Waals surface area (Å²) in [7, 11) is -4.26. The maximum atomic E-state index is 12.5. The Hall–Kier alpha value is -1.24. The van der Waals surface area contributed by atoms with Crippen molar-refractivity contribution in [1.29, 1.82) is 0 Å². The van der Waals surface area contributed by atoms with E-state index in [9.17, 15) is 26.2 Å². The Kier molecular flexibility index (Phi) is 7.18. The van der Waals surface area contributed by atoms with Gasteiger partial charge in [-0.2, -0.15) is 5.10 Å². The molecule has 1 aliphatic rings. The third-order valence-corrected chi connectivity index (χ3v) is 7.06. The van der Waals surface area contributed by atoms with Crippen LogP contribution < -0.4 is 5.43 Å². The van der Waals surface area contributed by atoms with E-state index >= 15 is 0 Å². The summed E-state index contributed by atoms with van der Waals surface area (Å²) in [4.78, 5) is 10.7. The molecule has 2 N–H and O–H groups in total. The van der Waals surface area contributed by atoms with Crippen molar-refractivity contribution in [2.24, 2.45) is 16.9 Å². The van der Waals surface area contributed by atoms with Crippen molar-refractivity contribution in [1.82, 2.24) is 5.43 Å². The van der Waals surface area contributed by atoms with E-state index in [-0.39, 0.29) is 17.2 Å². The minimum absolute atomic E-state index is 0.190. The van der Waals surface area contributed by atoms with Gasteiger partial charge in [0.2, 0.25) is 0 Å². The van der Waals surface area contributed by atoms with Crippen LogP contribution in [0, 0.1) is 11.8 Å². The molecule has 26 heavy (non-hydrogen) atoms. The lowest BCUT2D eigenvalue weighted by Crippen LogP contribution is -2.38. The number of carboxylic acid groups (broad SMARTS) is 1. The Morgan fingerprint density at radius 1 is 1.23 bits per heavy atom. The van der Waals surface area contributed by atoms with Gasteiger partial charge in [-0.3, -0.25) is 0 Å². The number of aliphatic carboxylic acids is 1. The first-order chi connectivity index (χ1) is 11.6. The average Bonchev–Trinajstić information content (AvgIpc) is 2.66. The van der Waals surface area contributed by atoms with E-state index in [2.05, 4.69) is 10.5 Å². The Labute approximate surface area is 154 Å². The maximum absolute atomic E-state index is 12.5. The SMILES string of the molecule is CC(=NNC(C)CS(=O)(=O)CC1C[N+](C)(C)CC1CS(=O)(=O)[O-])C(=O)O. The highest BCUT2D eigenvalue weighted by molar-refractivity contribution is 7.91. The lowest BCUT2D eigenvalue weighted by molar-refractivity contribution is -0.880. The normalized spacial score (nSPS) is 25.0. The zero-order valence-electron chi connectivity index (χ0n) is 15.4. The first-order valence-electron chi connectivity index (χ1n) is 8.09. The van der Waals surface area contributed by atoms with E-state index in [1.165, 1.54) is 6.92 Å². The Morgan fingerprint density at radius 3 is 2.19 bits per heavy atom. The Balaban J connectivity index is 2.77. The van der Waals surface area contributed by atoms with Crippen LogP contribution in [0.3, 0.4) is 0 Å². The molecule has 0 aliphatic carbocycles. The van der Waals surface area contributed by atoms with Gasteiger partial charge >= 0.3 is 5.97 Å². The highest BCUT2D eigenvalue weighted by Crippen LogP contribution is 2.29. The highest BCUT2D eigenvalue weighted by Gasteiger charge is 2.43. The number of carboxylic acids is 1. The number of quaternary nitrogens is 1. The smallest absolute Gasteiger partial charge is 0.351 e. The van der Waals surface area contributed by atoms with Crippen LogP contribution in [0.5, 0.6) is 0 Å². The van der Waals surface area contributed by atoms with E-state index in [1.807, 2.05) is 14.1 Å². The van der Waals surface area contributed by atoms with Crippen molar-refractivity contribution in [2.45, 2.75) is 19.9 Å². The Bertz CT molecular complexity index is 759. The summed E-state index contributed by atoms with van der Waals surface area (Å²) in [5.41, 5.74) is 2.30. The molecule has 1 aliphatic heterocycles. The number of hydrogen-bond donors (Lipinski definition) is 2. The molecule has 0 spiro atoms. The molecule has 1 fully saturated rings. The molecule has 1 saturated heterocycles. The first-order valence-corrected chi connectivity index (χ1v) is 11.5. The van der Waals surface area contributed by atoms with Crippen LogP contribution in [0.15, 0.2) is 5.10 Å². The molecule has 3 atom stereocenters. The first kappa shape index (κ1) is 22.8. The van der Waals surface area contributed by atoms with Gasteiger partial charge in [0.15, 0.2) is 9.84 Å². The molecule has 0 aromatic heterocycles. The second-order valence-electron chi connectivity index (χ2n) is 7.65. The highest BCUT2D eigenvalue weighted by atomic mass is 32.2. The zero-order chi connectivity index (χ0) is 20.3. The minimum Gasteiger partial charge on any atom is -0.748 e. The van der Waals surface area contributed by atoms with Gasteiger partial charge in [-0.1, -0.05) is 0 Å². The van der Waals surface area contributed by atoms with Gasteiger partial charge < -0.3 is 19.6 Å². The molecule has 0 radical (unpaired) electrons. The van der Waals surface area contributed by atoms with Crippen LogP contribution in [0.4, 0.5) is 0 Å². The molecule has 3 unspecified atom stereocenters. The molecule has 152 valence electrons. The van der Waals surface area contributed by atoms with Crippen molar-refractivity contribution in [3.63, 3.8) is 0 Å². The fourth-order valence-electron chi connectivity index (χ4n) is 3.35. The lowest BCUT2D eigenvalue weighted by atomic mass is 10.0. The van der Waals surface area contributed by atoms with Crippen LogP contribution in [0.1, 0.15) is 13.8 Å². The standard InChI is InChI=1S/C14H27N3O7S2/c1-10(15-16-11(2)14(18)19)7-25(20,21)8-12-5-17(3,4)6-13(12)9-26(22,23)24/h10,12-13,15H,5-9H2,1-4H3,(H-,18,19,22,23,24). The number of rotatable bonds is 9. The molecule has 1 rings (SSSR count). The zero-order valence-corrected chi connectivity index (χ0v) is 17.0. The summed E-state index contributed by atoms with van der Waals surface area (Å²) in [5.74, 6) is -3.19. The third kappa shape index (κ3) is 7.98. The maximum Gasteiger partial charge on any atom is 0.351 e. The minimum atomic E-state index is -4.44. The van der Waals surface area contributed by atoms with Crippen molar-refractivity contribution >= 4 is 31.6 Å². The largest absolute Gasteiger partial charge is 0.748 e. The van der Waals surface area contributed by atoms with Crippen molar-refractivity contribution in [2.75, 3.05) is 44.4 Å². The van der Waals surface area contributed by atoms with Crippen LogP contribution >= 0.6 is 0 Å². The second-order valence-corrected chi connectivity index (χ2v) is 11.3. The number of hydrazone groups is 1. The molecule has 0 aromatic rings. The molecule has 12 heteroatoms. The lowest BCUT2D eigenvalue weighted by Gasteiger charge is -2.23. The summed E-state index contributed by atoms with van der Waals surface area (Å²) in [6.45, 7) is 3.74. The summed E-state index contributed by atoms with van der Waals surface area (Å²) in [6.07, 6.45) is 0. The van der Waals surface area contributed by atoms with Gasteiger partial charge in [-0.25, -0.2) is 21.6 Å². The molecular formula is C14H27N3O7S2. The quantitative estimate of drug-likeness (QED) is 0.205. The van der Waals surface area contributed by atoms with E-state index < -0.39 is 49.6 Å². The third-order valence-electron chi connectivity index (χ3n) is 4.28. The molecule has 0 aromatic carbocycles. The molecule has 0 bridgehead atoms. The van der Waals surface area contributed by atoms with Gasteiger partial charge in [0.25, 0.3) is 0 Å². The van der Waals surface area contributed by atoms with Crippen molar-refractivity contribution in [3.05, 3.63) is 0 Å². The van der Waals surface area contributed by atoms with Gasteiger partial charge in [-0.15, -0.1) is 0 Å². The van der Waals surface area contributed by atoms with Gasteiger partial charge in [-0.05, 0) is 13.8 Å². The molecule has 0 amide bonds. The fourth-order valence-corrected chi connectivity index (χ4v) is 6.25. The van der Waals surface area contributed by atoms with Crippen LogP contribution in [0.2, 0.25) is 0 Å². The topological polar surface area (TPSA) is 153 Å². The van der Waals surface area contributed by atoms with E-state index in [0.29, 0.717) is 17.6 Å². The van der Waals surface area contributed by atoms with Crippen molar-refractivity contribution < 1.29 is 35.8 Å². The Morgan fingerprint density at radius 2 is 1.73 bits per heavy atom. The summed E-state index contributed by atoms with van der Waals surface area (Å²) >= 11 is 0. The fraction of sp³-hybridized carbons (Fsp3) is 0.857. The summed E-state index contributed by atoms with van der Waals surface area (Å²) < 4.78 is 58.7. The summed E-state index contributed by atoms with van der Waals surface area (Å²) in [5, 5.41) is 12.3. The van der Waals surface area contributed by atoms with Gasteiger partial charge in [0.05, 0.1) is 54.9 Å². The van der Waals surface area contributed by atoms with E-state index in [1.54, 1.807) is 6.92 Å². The average molecular weight is 414 g/mol. The number of nitrogens with one attached hydrogen (secondary N) is 1. The van der Waals surface area contributed by atoms with Crippen LogP contribution in [0.25, 0.3) is 0 Å². The molecule has 0 saturated carbocycles. The molecular weight excluding hydrogens is 386 g/mol. The second kappa shape index (κ2) is 8.19. The number of likely N-dealkylation sites (tertiary alicyclic amines) is 1. The van der Waals surface area contributed by atoms with Crippen LogP contribution in [-0.2, 0) is 24.7 Å². The number of hydrogen-bond acceptors (Lipinski definition) is 8.